The molecule has 2 N–H and O–H groups in total. The van der Waals surface area contributed by atoms with Crippen LogP contribution in [0, 0.1) is 0 Å². The molecule has 124 valence electrons. The Morgan fingerprint density at radius 3 is 2.84 bits per heavy atom. The lowest BCUT2D eigenvalue weighted by Crippen LogP contribution is -1.99. The predicted octanol–water partition coefficient (Wildman–Crippen LogP) is 5.02. The van der Waals surface area contributed by atoms with Crippen LogP contribution in [0.1, 0.15) is 5.56 Å². The molecule has 0 atom stereocenters. The van der Waals surface area contributed by atoms with Crippen LogP contribution in [-0.4, -0.2) is 26.4 Å². The Balaban J connectivity index is 1.61. The summed E-state index contributed by atoms with van der Waals surface area (Å²) >= 11 is 15.4. The summed E-state index contributed by atoms with van der Waals surface area (Å²) in [5.74, 6) is 0.277. The summed E-state index contributed by atoms with van der Waals surface area (Å²) in [6.07, 6.45) is 1.56. The largest absolute Gasteiger partial charge is 0.338 e. The zero-order valence-corrected chi connectivity index (χ0v) is 15.6. The van der Waals surface area contributed by atoms with Crippen molar-refractivity contribution in [1.82, 2.24) is 20.2 Å². The molecule has 0 bridgehead atoms. The van der Waals surface area contributed by atoms with Crippen LogP contribution >= 0.6 is 39.1 Å². The van der Waals surface area contributed by atoms with Gasteiger partial charge in [-0.15, -0.1) is 10.2 Å². The number of hydrogen-bond acceptors (Lipinski definition) is 5. The van der Waals surface area contributed by atoms with Crippen LogP contribution in [0.5, 0.6) is 0 Å². The first-order valence-corrected chi connectivity index (χ1v) is 8.71. The highest BCUT2D eigenvalue weighted by Gasteiger charge is 2.09. The molecular weight excluding hydrogens is 427 g/mol. The van der Waals surface area contributed by atoms with E-state index < -0.39 is 0 Å². The molecule has 0 unspecified atom stereocenters. The van der Waals surface area contributed by atoms with E-state index in [-0.39, 0.29) is 5.95 Å². The summed E-state index contributed by atoms with van der Waals surface area (Å²) in [5, 5.41) is 14.4. The summed E-state index contributed by atoms with van der Waals surface area (Å²) in [4.78, 5) is 7.59. The van der Waals surface area contributed by atoms with Crippen LogP contribution in [0.3, 0.4) is 0 Å². The Bertz CT molecular complexity index is 1120. The number of nitrogens with zero attached hydrogens (tertiary/aromatic N) is 4. The van der Waals surface area contributed by atoms with Crippen molar-refractivity contribution in [2.45, 2.75) is 0 Å². The van der Waals surface area contributed by atoms with E-state index in [2.05, 4.69) is 46.6 Å². The Morgan fingerprint density at radius 1 is 1.12 bits per heavy atom. The first-order valence-electron chi connectivity index (χ1n) is 7.16. The first-order chi connectivity index (χ1) is 12.1. The molecule has 2 aromatic heterocycles. The predicted molar refractivity (Wildman–Crippen MR) is 105 cm³/mol. The summed E-state index contributed by atoms with van der Waals surface area (Å²) in [6.45, 7) is 0. The lowest BCUT2D eigenvalue weighted by molar-refractivity contribution is 1.01. The van der Waals surface area contributed by atoms with Gasteiger partial charge in [-0.05, 0) is 30.3 Å². The van der Waals surface area contributed by atoms with Crippen LogP contribution in [0.2, 0.25) is 10.0 Å². The van der Waals surface area contributed by atoms with Gasteiger partial charge in [-0.1, -0.05) is 45.2 Å². The second kappa shape index (κ2) is 6.59. The van der Waals surface area contributed by atoms with Crippen LogP contribution in [-0.2, 0) is 0 Å². The molecule has 9 heteroatoms. The van der Waals surface area contributed by atoms with Gasteiger partial charge in [0.2, 0.25) is 0 Å². The third-order valence-corrected chi connectivity index (χ3v) is 4.56. The van der Waals surface area contributed by atoms with Crippen molar-refractivity contribution < 1.29 is 0 Å². The molecule has 2 aromatic carbocycles. The number of benzene rings is 2. The SMILES string of the molecule is Clc1ccc(C=NNc2nnc3c(n2)[nH]c2ccc(Br)cc23)c(Cl)c1. The van der Waals surface area contributed by atoms with E-state index in [1.165, 1.54) is 0 Å². The Labute approximate surface area is 160 Å². The average molecular weight is 436 g/mol. The number of aromatic nitrogens is 4. The van der Waals surface area contributed by atoms with Crippen LogP contribution in [0.4, 0.5) is 5.95 Å². The maximum atomic E-state index is 6.09. The maximum absolute atomic E-state index is 6.09. The summed E-state index contributed by atoms with van der Waals surface area (Å²) in [6, 6.07) is 11.0. The van der Waals surface area contributed by atoms with Gasteiger partial charge in [0.1, 0.15) is 5.52 Å². The molecule has 0 saturated carbocycles. The van der Waals surface area contributed by atoms with Crippen molar-refractivity contribution in [2.75, 3.05) is 5.43 Å². The standard InChI is InChI=1S/C16H9BrCl2N6/c17-9-2-4-13-11(5-9)14-15(21-13)22-16(25-23-14)24-20-7-8-1-3-10(18)6-12(8)19/h1-7H,(H2,21,22,24,25). The Hall–Kier alpha value is -2.22. The molecule has 0 saturated heterocycles. The van der Waals surface area contributed by atoms with Crippen molar-refractivity contribution in [2.24, 2.45) is 5.10 Å². The number of halogens is 3. The number of hydrogen-bond donors (Lipinski definition) is 2. The van der Waals surface area contributed by atoms with Crippen LogP contribution in [0.15, 0.2) is 46.0 Å². The van der Waals surface area contributed by atoms with E-state index in [4.69, 9.17) is 23.2 Å². The molecule has 0 aliphatic carbocycles. The minimum absolute atomic E-state index is 0.277. The fraction of sp³-hybridized carbons (Fsp3) is 0. The normalized spacial score (nSPS) is 11.6. The van der Waals surface area contributed by atoms with E-state index in [1.807, 2.05) is 18.2 Å². The van der Waals surface area contributed by atoms with Gasteiger partial charge in [-0.2, -0.15) is 10.1 Å². The quantitative estimate of drug-likeness (QED) is 0.349. The number of nitrogens with one attached hydrogen (secondary N) is 2. The van der Waals surface area contributed by atoms with Gasteiger partial charge in [0.15, 0.2) is 5.65 Å². The van der Waals surface area contributed by atoms with Gasteiger partial charge in [0.05, 0.1) is 11.2 Å². The molecule has 0 radical (unpaired) electrons. The van der Waals surface area contributed by atoms with Crippen molar-refractivity contribution >= 4 is 73.4 Å². The number of anilines is 1. The number of hydrazone groups is 1. The second-order valence-electron chi connectivity index (χ2n) is 5.18. The summed E-state index contributed by atoms with van der Waals surface area (Å²) in [7, 11) is 0. The number of rotatable bonds is 3. The molecule has 0 amide bonds. The third kappa shape index (κ3) is 3.30. The average Bonchev–Trinajstić information content (AvgIpc) is 2.94. The molecule has 0 fully saturated rings. The number of fused-ring (bicyclic) bond motifs is 3. The fourth-order valence-corrected chi connectivity index (χ4v) is 3.17. The van der Waals surface area contributed by atoms with E-state index in [0.717, 1.165) is 20.9 Å². The molecule has 4 rings (SSSR count). The molecule has 0 spiro atoms. The van der Waals surface area contributed by atoms with Gasteiger partial charge in [-0.25, -0.2) is 5.43 Å². The van der Waals surface area contributed by atoms with Gasteiger partial charge in [-0.3, -0.25) is 0 Å². The third-order valence-electron chi connectivity index (χ3n) is 3.51. The van der Waals surface area contributed by atoms with Gasteiger partial charge in [0, 0.05) is 26.0 Å². The molecule has 25 heavy (non-hydrogen) atoms. The highest BCUT2D eigenvalue weighted by atomic mass is 79.9. The van der Waals surface area contributed by atoms with Gasteiger partial charge < -0.3 is 4.98 Å². The first kappa shape index (κ1) is 16.3. The Kier molecular flexibility index (Phi) is 4.29. The molecule has 4 aromatic rings. The van der Waals surface area contributed by atoms with Crippen molar-refractivity contribution in [1.29, 1.82) is 0 Å². The van der Waals surface area contributed by atoms with Gasteiger partial charge >= 0.3 is 0 Å². The van der Waals surface area contributed by atoms with Crippen molar-refractivity contribution in [3.05, 3.63) is 56.5 Å². The molecule has 6 nitrogen and oxygen atoms in total. The smallest absolute Gasteiger partial charge is 0.265 e. The number of H-pyrrole nitrogens is 1. The number of aromatic amines is 1. The van der Waals surface area contributed by atoms with E-state index in [0.29, 0.717) is 21.2 Å². The van der Waals surface area contributed by atoms with Crippen molar-refractivity contribution in [3.8, 4) is 0 Å². The lowest BCUT2D eigenvalue weighted by Gasteiger charge is -1.99. The second-order valence-corrected chi connectivity index (χ2v) is 6.94. The Morgan fingerprint density at radius 2 is 2.00 bits per heavy atom. The monoisotopic (exact) mass is 434 g/mol. The fourth-order valence-electron chi connectivity index (χ4n) is 2.36. The van der Waals surface area contributed by atoms with Crippen LogP contribution < -0.4 is 5.43 Å². The van der Waals surface area contributed by atoms with E-state index >= 15 is 0 Å². The summed E-state index contributed by atoms with van der Waals surface area (Å²) in [5.41, 5.74) is 5.74. The zero-order chi connectivity index (χ0) is 17.4. The highest BCUT2D eigenvalue weighted by Crippen LogP contribution is 2.25. The molecule has 2 heterocycles. The van der Waals surface area contributed by atoms with Crippen LogP contribution in [0.25, 0.3) is 22.1 Å². The maximum Gasteiger partial charge on any atom is 0.265 e. The molecular formula is C16H9BrCl2N6. The molecule has 0 aliphatic heterocycles. The highest BCUT2D eigenvalue weighted by molar-refractivity contribution is 9.10. The topological polar surface area (TPSA) is 78.8 Å². The zero-order valence-electron chi connectivity index (χ0n) is 12.5. The van der Waals surface area contributed by atoms with Crippen molar-refractivity contribution in [3.63, 3.8) is 0 Å². The van der Waals surface area contributed by atoms with E-state index in [1.54, 1.807) is 24.4 Å². The minimum Gasteiger partial charge on any atom is -0.338 e. The van der Waals surface area contributed by atoms with E-state index in [9.17, 15) is 0 Å². The van der Waals surface area contributed by atoms with Gasteiger partial charge in [0.25, 0.3) is 5.95 Å². The lowest BCUT2D eigenvalue weighted by atomic mass is 10.2. The minimum atomic E-state index is 0.277. The molecule has 0 aliphatic rings. The summed E-state index contributed by atoms with van der Waals surface area (Å²) < 4.78 is 0.967.